The zero-order valence-electron chi connectivity index (χ0n) is 14.0. The normalized spacial score (nSPS) is 36.0. The maximum Gasteiger partial charge on any atom is 0.246 e. The first-order valence-electron chi connectivity index (χ1n) is 8.96. The summed E-state index contributed by atoms with van der Waals surface area (Å²) in [4.78, 5) is 42.8. The fourth-order valence-electron chi connectivity index (χ4n) is 5.40. The second-order valence-corrected chi connectivity index (χ2v) is 7.69. The van der Waals surface area contributed by atoms with E-state index < -0.39 is 17.5 Å². The van der Waals surface area contributed by atoms with Gasteiger partial charge in [0.2, 0.25) is 11.8 Å². The number of carbonyl (C=O) groups is 3. The molecule has 0 aromatic heterocycles. The molecule has 3 saturated heterocycles. The molecule has 25 heavy (non-hydrogen) atoms. The monoisotopic (exact) mass is 336 g/mol. The van der Waals surface area contributed by atoms with Crippen molar-refractivity contribution in [2.45, 2.75) is 43.8 Å². The molecule has 1 aromatic rings. The van der Waals surface area contributed by atoms with E-state index in [1.165, 1.54) is 0 Å². The van der Waals surface area contributed by atoms with Crippen molar-refractivity contribution in [1.29, 1.82) is 0 Å². The lowest BCUT2D eigenvalue weighted by Gasteiger charge is -2.43. The number of amides is 2. The number of rotatable bonds is 1. The summed E-state index contributed by atoms with van der Waals surface area (Å²) in [6.45, 7) is 4.64. The van der Waals surface area contributed by atoms with Gasteiger partial charge in [-0.2, -0.15) is 0 Å². The fraction of sp³-hybridized carbons (Fsp3) is 0.450. The predicted molar refractivity (Wildman–Crippen MR) is 90.9 cm³/mol. The van der Waals surface area contributed by atoms with Crippen LogP contribution in [0, 0.1) is 5.41 Å². The first-order valence-corrected chi connectivity index (χ1v) is 8.96. The first kappa shape index (κ1) is 14.9. The van der Waals surface area contributed by atoms with Crippen LogP contribution in [0.4, 0.5) is 0 Å². The second-order valence-electron chi connectivity index (χ2n) is 7.69. The van der Waals surface area contributed by atoms with Crippen LogP contribution < -0.4 is 0 Å². The molecule has 1 aromatic carbocycles. The molecule has 1 aliphatic carbocycles. The lowest BCUT2D eigenvalue weighted by Crippen LogP contribution is -2.64. The number of hydrogen-bond donors (Lipinski definition) is 0. The molecule has 3 aliphatic heterocycles. The minimum Gasteiger partial charge on any atom is -0.329 e. The topological polar surface area (TPSA) is 57.7 Å². The fourth-order valence-corrected chi connectivity index (χ4v) is 5.40. The average Bonchev–Trinajstić information content (AvgIpc) is 3.24. The van der Waals surface area contributed by atoms with Gasteiger partial charge in [0.05, 0.1) is 0 Å². The van der Waals surface area contributed by atoms with Gasteiger partial charge in [0, 0.05) is 17.5 Å². The number of benzene rings is 1. The van der Waals surface area contributed by atoms with Gasteiger partial charge in [0.25, 0.3) is 0 Å². The van der Waals surface area contributed by atoms with Crippen molar-refractivity contribution in [3.05, 3.63) is 48.0 Å². The van der Waals surface area contributed by atoms with Gasteiger partial charge in [-0.05, 0) is 31.2 Å². The van der Waals surface area contributed by atoms with E-state index >= 15 is 0 Å². The molecular weight excluding hydrogens is 316 g/mol. The molecule has 3 fully saturated rings. The third-order valence-electron chi connectivity index (χ3n) is 6.55. The van der Waals surface area contributed by atoms with Crippen molar-refractivity contribution in [3.63, 3.8) is 0 Å². The molecule has 0 saturated carbocycles. The van der Waals surface area contributed by atoms with E-state index in [1.807, 2.05) is 30.3 Å². The van der Waals surface area contributed by atoms with Crippen molar-refractivity contribution in [3.8, 4) is 0 Å². The highest BCUT2D eigenvalue weighted by atomic mass is 16.2. The Morgan fingerprint density at radius 1 is 1.12 bits per heavy atom. The highest BCUT2D eigenvalue weighted by Gasteiger charge is 2.63. The summed E-state index contributed by atoms with van der Waals surface area (Å²) in [6, 6.07) is 6.08. The lowest BCUT2D eigenvalue weighted by atomic mass is 9.67. The maximum absolute atomic E-state index is 13.3. The highest BCUT2D eigenvalue weighted by Crippen LogP contribution is 2.51. The van der Waals surface area contributed by atoms with Crippen LogP contribution in [0.2, 0.25) is 0 Å². The third-order valence-corrected chi connectivity index (χ3v) is 6.55. The Labute approximate surface area is 146 Å². The molecule has 0 N–H and O–H groups in total. The van der Waals surface area contributed by atoms with Crippen LogP contribution in [-0.4, -0.2) is 52.1 Å². The highest BCUT2D eigenvalue weighted by molar-refractivity contribution is 6.08. The number of ketones is 1. The number of hydrogen-bond acceptors (Lipinski definition) is 3. The largest absolute Gasteiger partial charge is 0.329 e. The summed E-state index contributed by atoms with van der Waals surface area (Å²) in [7, 11) is 0. The van der Waals surface area contributed by atoms with Gasteiger partial charge >= 0.3 is 0 Å². The molecule has 5 rings (SSSR count). The molecule has 0 spiro atoms. The Kier molecular flexibility index (Phi) is 2.86. The van der Waals surface area contributed by atoms with Crippen molar-refractivity contribution in [2.75, 3.05) is 6.54 Å². The van der Waals surface area contributed by atoms with E-state index in [9.17, 15) is 14.4 Å². The Morgan fingerprint density at radius 2 is 1.92 bits per heavy atom. The van der Waals surface area contributed by atoms with Gasteiger partial charge in [-0.15, -0.1) is 6.58 Å². The van der Waals surface area contributed by atoms with Gasteiger partial charge in [-0.3, -0.25) is 14.4 Å². The van der Waals surface area contributed by atoms with Gasteiger partial charge in [-0.1, -0.05) is 30.3 Å². The molecule has 0 bridgehead atoms. The standard InChI is InChI=1S/C20H20N2O3/c1-2-20-10-12-6-3-4-7-13(12)16(23)17(20)22-15(11-20)18(24)21-9-5-8-14(21)19(22)25/h2-4,6-7,14-15,17H,1,5,8-11H2/t14-,15-,17-,20-/m0/s1. The molecular formula is C20H20N2O3. The smallest absolute Gasteiger partial charge is 0.246 e. The Balaban J connectivity index is 1.66. The molecule has 3 heterocycles. The molecule has 0 unspecified atom stereocenters. The zero-order chi connectivity index (χ0) is 17.3. The van der Waals surface area contributed by atoms with E-state index in [-0.39, 0.29) is 23.6 Å². The van der Waals surface area contributed by atoms with E-state index in [1.54, 1.807) is 9.80 Å². The van der Waals surface area contributed by atoms with Crippen LogP contribution in [0.25, 0.3) is 0 Å². The summed E-state index contributed by atoms with van der Waals surface area (Å²) >= 11 is 0. The molecule has 0 radical (unpaired) electrons. The summed E-state index contributed by atoms with van der Waals surface area (Å²) < 4.78 is 0. The molecule has 5 heteroatoms. The van der Waals surface area contributed by atoms with Crippen molar-refractivity contribution >= 4 is 17.6 Å². The number of piperazine rings is 1. The van der Waals surface area contributed by atoms with Crippen LogP contribution in [0.5, 0.6) is 0 Å². The number of Topliss-reactive ketones (excluding diaryl/α,β-unsaturated/α-hetero) is 1. The Morgan fingerprint density at radius 3 is 2.72 bits per heavy atom. The molecule has 128 valence electrons. The summed E-state index contributed by atoms with van der Waals surface area (Å²) in [5.74, 6) is -0.0880. The summed E-state index contributed by atoms with van der Waals surface area (Å²) in [5.41, 5.74) is 1.13. The van der Waals surface area contributed by atoms with Gasteiger partial charge in [0.1, 0.15) is 18.1 Å². The minimum absolute atomic E-state index is 0.00887. The third kappa shape index (κ3) is 1.71. The van der Waals surface area contributed by atoms with Crippen molar-refractivity contribution in [1.82, 2.24) is 9.80 Å². The van der Waals surface area contributed by atoms with E-state index in [2.05, 4.69) is 6.58 Å². The summed E-state index contributed by atoms with van der Waals surface area (Å²) in [5, 5.41) is 0. The van der Waals surface area contributed by atoms with E-state index in [4.69, 9.17) is 0 Å². The predicted octanol–water partition coefficient (Wildman–Crippen LogP) is 1.57. The van der Waals surface area contributed by atoms with E-state index in [0.29, 0.717) is 31.4 Å². The molecule has 4 aliphatic rings. The SMILES string of the molecule is C=C[C@@]12Cc3ccccc3C(=O)[C@@H]1N1C(=O)[C@@H]3CCCN3C(=O)[C@@H]1C2. The molecule has 5 nitrogen and oxygen atoms in total. The maximum atomic E-state index is 13.3. The summed E-state index contributed by atoms with van der Waals surface area (Å²) in [6.07, 6.45) is 4.52. The first-order chi connectivity index (χ1) is 12.1. The van der Waals surface area contributed by atoms with Crippen LogP contribution in [0.3, 0.4) is 0 Å². The minimum atomic E-state index is -0.593. The van der Waals surface area contributed by atoms with Crippen LogP contribution in [0.15, 0.2) is 36.9 Å². The number of carbonyl (C=O) groups excluding carboxylic acids is 3. The average molecular weight is 336 g/mol. The lowest BCUT2D eigenvalue weighted by molar-refractivity contribution is -0.158. The Hall–Kier alpha value is -2.43. The van der Waals surface area contributed by atoms with Gasteiger partial charge in [0.15, 0.2) is 5.78 Å². The van der Waals surface area contributed by atoms with Gasteiger partial charge < -0.3 is 9.80 Å². The molecule has 4 atom stereocenters. The van der Waals surface area contributed by atoms with Crippen molar-refractivity contribution < 1.29 is 14.4 Å². The van der Waals surface area contributed by atoms with Crippen molar-refractivity contribution in [2.24, 2.45) is 5.41 Å². The number of nitrogens with zero attached hydrogens (tertiary/aromatic N) is 2. The van der Waals surface area contributed by atoms with Crippen LogP contribution >= 0.6 is 0 Å². The van der Waals surface area contributed by atoms with E-state index in [0.717, 1.165) is 12.0 Å². The second kappa shape index (κ2) is 4.81. The van der Waals surface area contributed by atoms with Crippen LogP contribution in [-0.2, 0) is 16.0 Å². The molecule has 2 amide bonds. The van der Waals surface area contributed by atoms with Gasteiger partial charge in [-0.25, -0.2) is 0 Å². The van der Waals surface area contributed by atoms with Crippen LogP contribution in [0.1, 0.15) is 35.2 Å². The quantitative estimate of drug-likeness (QED) is 0.732. The Bertz CT molecular complexity index is 832. The number of fused-ring (bicyclic) bond motifs is 5. The zero-order valence-corrected chi connectivity index (χ0v) is 14.0.